The quantitative estimate of drug-likeness (QED) is 0.586. The Hall–Kier alpha value is -1.62. The van der Waals surface area contributed by atoms with Crippen LogP contribution in [0, 0.1) is 5.82 Å². The van der Waals surface area contributed by atoms with Gasteiger partial charge in [0.25, 0.3) is 0 Å². The Morgan fingerprint density at radius 2 is 2.00 bits per heavy atom. The van der Waals surface area contributed by atoms with E-state index in [1.165, 1.54) is 6.07 Å². The number of benzene rings is 1. The summed E-state index contributed by atoms with van der Waals surface area (Å²) in [6, 6.07) is 6.20. The third kappa shape index (κ3) is 5.57. The Labute approximate surface area is 120 Å². The Kier molecular flexibility index (Phi) is 5.95. The maximum absolute atomic E-state index is 13.5. The molecule has 0 saturated carbocycles. The van der Waals surface area contributed by atoms with Gasteiger partial charge in [-0.3, -0.25) is 4.99 Å². The van der Waals surface area contributed by atoms with Crippen molar-refractivity contribution in [3.63, 3.8) is 0 Å². The van der Waals surface area contributed by atoms with Crippen molar-refractivity contribution in [2.75, 3.05) is 13.1 Å². The van der Waals surface area contributed by atoms with Gasteiger partial charge < -0.3 is 15.7 Å². The number of halogens is 1. The van der Waals surface area contributed by atoms with E-state index in [0.717, 1.165) is 6.54 Å². The van der Waals surface area contributed by atoms with Crippen molar-refractivity contribution < 1.29 is 9.50 Å². The van der Waals surface area contributed by atoms with Crippen LogP contribution in [0.1, 0.15) is 39.4 Å². The first-order valence-corrected chi connectivity index (χ1v) is 6.82. The Morgan fingerprint density at radius 1 is 1.35 bits per heavy atom. The molecule has 112 valence electrons. The average Bonchev–Trinajstić information content (AvgIpc) is 2.34. The lowest BCUT2D eigenvalue weighted by molar-refractivity contribution is 0.182. The van der Waals surface area contributed by atoms with E-state index in [-0.39, 0.29) is 17.6 Å². The van der Waals surface area contributed by atoms with Gasteiger partial charge >= 0.3 is 0 Å². The maximum atomic E-state index is 13.5. The minimum Gasteiger partial charge on any atom is -0.386 e. The number of hydrogen-bond donors (Lipinski definition) is 3. The summed E-state index contributed by atoms with van der Waals surface area (Å²) in [5, 5.41) is 16.3. The SMILES string of the molecule is CCNC(=NCC(O)c1ccccc1F)NC(C)(C)C. The largest absolute Gasteiger partial charge is 0.386 e. The first-order valence-electron chi connectivity index (χ1n) is 6.82. The first-order chi connectivity index (χ1) is 9.33. The molecule has 1 aromatic carbocycles. The molecule has 4 nitrogen and oxygen atoms in total. The van der Waals surface area contributed by atoms with Crippen LogP contribution in [0.4, 0.5) is 4.39 Å². The predicted molar refractivity (Wildman–Crippen MR) is 80.2 cm³/mol. The minimum atomic E-state index is -0.952. The number of aliphatic hydroxyl groups excluding tert-OH is 1. The molecule has 0 bridgehead atoms. The molecule has 5 heteroatoms. The lowest BCUT2D eigenvalue weighted by atomic mass is 10.1. The van der Waals surface area contributed by atoms with Crippen molar-refractivity contribution in [2.45, 2.75) is 39.3 Å². The number of nitrogens with zero attached hydrogens (tertiary/aromatic N) is 1. The molecule has 0 heterocycles. The Morgan fingerprint density at radius 3 is 2.55 bits per heavy atom. The van der Waals surface area contributed by atoms with Gasteiger partial charge in [-0.15, -0.1) is 0 Å². The van der Waals surface area contributed by atoms with Crippen LogP contribution in [0.3, 0.4) is 0 Å². The summed E-state index contributed by atoms with van der Waals surface area (Å²) < 4.78 is 13.5. The summed E-state index contributed by atoms with van der Waals surface area (Å²) in [5.41, 5.74) is 0.132. The summed E-state index contributed by atoms with van der Waals surface area (Å²) in [6.45, 7) is 8.85. The number of nitrogens with one attached hydrogen (secondary N) is 2. The summed E-state index contributed by atoms with van der Waals surface area (Å²) >= 11 is 0. The summed E-state index contributed by atoms with van der Waals surface area (Å²) in [7, 11) is 0. The molecule has 0 amide bonds. The van der Waals surface area contributed by atoms with E-state index in [1.807, 2.05) is 27.7 Å². The molecule has 0 aliphatic heterocycles. The van der Waals surface area contributed by atoms with Gasteiger partial charge in [-0.1, -0.05) is 18.2 Å². The van der Waals surface area contributed by atoms with Gasteiger partial charge in [0.15, 0.2) is 5.96 Å². The van der Waals surface area contributed by atoms with Crippen molar-refractivity contribution in [1.29, 1.82) is 0 Å². The number of guanidine groups is 1. The van der Waals surface area contributed by atoms with Gasteiger partial charge in [-0.25, -0.2) is 4.39 Å². The van der Waals surface area contributed by atoms with Crippen molar-refractivity contribution >= 4 is 5.96 Å². The summed E-state index contributed by atoms with van der Waals surface area (Å²) in [4.78, 5) is 4.29. The fourth-order valence-electron chi connectivity index (χ4n) is 1.68. The third-order valence-electron chi connectivity index (χ3n) is 2.52. The van der Waals surface area contributed by atoms with Crippen LogP contribution >= 0.6 is 0 Å². The highest BCUT2D eigenvalue weighted by atomic mass is 19.1. The minimum absolute atomic E-state index is 0.104. The summed E-state index contributed by atoms with van der Waals surface area (Å²) in [6.07, 6.45) is -0.952. The number of rotatable bonds is 4. The zero-order chi connectivity index (χ0) is 15.2. The van der Waals surface area contributed by atoms with Gasteiger partial charge in [0, 0.05) is 17.6 Å². The molecule has 0 radical (unpaired) electrons. The van der Waals surface area contributed by atoms with E-state index in [9.17, 15) is 9.50 Å². The lowest BCUT2D eigenvalue weighted by Gasteiger charge is -2.24. The van der Waals surface area contributed by atoms with E-state index < -0.39 is 11.9 Å². The topological polar surface area (TPSA) is 56.7 Å². The van der Waals surface area contributed by atoms with E-state index in [0.29, 0.717) is 5.96 Å². The number of aliphatic hydroxyl groups is 1. The van der Waals surface area contributed by atoms with E-state index in [4.69, 9.17) is 0 Å². The second-order valence-electron chi connectivity index (χ2n) is 5.63. The average molecular weight is 281 g/mol. The fourth-order valence-corrected chi connectivity index (χ4v) is 1.68. The molecule has 0 saturated heterocycles. The molecule has 1 rings (SSSR count). The standard InChI is InChI=1S/C15H24FN3O/c1-5-17-14(19-15(2,3)4)18-10-13(20)11-8-6-7-9-12(11)16/h6-9,13,20H,5,10H2,1-4H3,(H2,17,18,19). The zero-order valence-corrected chi connectivity index (χ0v) is 12.6. The van der Waals surface area contributed by atoms with Crippen LogP contribution < -0.4 is 10.6 Å². The lowest BCUT2D eigenvalue weighted by Crippen LogP contribution is -2.47. The second kappa shape index (κ2) is 7.24. The van der Waals surface area contributed by atoms with E-state index >= 15 is 0 Å². The highest BCUT2D eigenvalue weighted by Crippen LogP contribution is 2.16. The molecular weight excluding hydrogens is 257 g/mol. The first kappa shape index (κ1) is 16.4. The van der Waals surface area contributed by atoms with Gasteiger partial charge in [0.05, 0.1) is 6.54 Å². The Bertz CT molecular complexity index is 455. The van der Waals surface area contributed by atoms with Crippen LogP contribution in [-0.4, -0.2) is 29.7 Å². The molecule has 1 unspecified atom stereocenters. The molecule has 20 heavy (non-hydrogen) atoms. The van der Waals surface area contributed by atoms with Crippen LogP contribution in [-0.2, 0) is 0 Å². The van der Waals surface area contributed by atoms with Gasteiger partial charge in [-0.05, 0) is 33.8 Å². The predicted octanol–water partition coefficient (Wildman–Crippen LogP) is 2.21. The fraction of sp³-hybridized carbons (Fsp3) is 0.533. The van der Waals surface area contributed by atoms with Crippen molar-refractivity contribution in [3.8, 4) is 0 Å². The summed E-state index contributed by atoms with van der Waals surface area (Å²) in [5.74, 6) is 0.194. The molecule has 0 aliphatic rings. The molecule has 3 N–H and O–H groups in total. The van der Waals surface area contributed by atoms with Crippen molar-refractivity contribution in [3.05, 3.63) is 35.6 Å². The van der Waals surface area contributed by atoms with Gasteiger partial charge in [0.1, 0.15) is 11.9 Å². The zero-order valence-electron chi connectivity index (χ0n) is 12.6. The molecule has 0 spiro atoms. The molecule has 0 fully saturated rings. The van der Waals surface area contributed by atoms with E-state index in [1.54, 1.807) is 18.2 Å². The van der Waals surface area contributed by atoms with Crippen LogP contribution in [0.25, 0.3) is 0 Å². The molecular formula is C15H24FN3O. The maximum Gasteiger partial charge on any atom is 0.191 e. The molecule has 0 aliphatic carbocycles. The highest BCUT2D eigenvalue weighted by Gasteiger charge is 2.14. The monoisotopic (exact) mass is 281 g/mol. The van der Waals surface area contributed by atoms with Crippen LogP contribution in [0.5, 0.6) is 0 Å². The third-order valence-corrected chi connectivity index (χ3v) is 2.52. The van der Waals surface area contributed by atoms with Crippen LogP contribution in [0.15, 0.2) is 29.3 Å². The van der Waals surface area contributed by atoms with Crippen LogP contribution in [0.2, 0.25) is 0 Å². The smallest absolute Gasteiger partial charge is 0.191 e. The molecule has 1 aromatic rings. The Balaban J connectivity index is 2.74. The normalized spacial score (nSPS) is 14.0. The molecule has 1 atom stereocenters. The van der Waals surface area contributed by atoms with Crippen molar-refractivity contribution in [2.24, 2.45) is 4.99 Å². The van der Waals surface area contributed by atoms with Crippen molar-refractivity contribution in [1.82, 2.24) is 10.6 Å². The van der Waals surface area contributed by atoms with Gasteiger partial charge in [0.2, 0.25) is 0 Å². The van der Waals surface area contributed by atoms with E-state index in [2.05, 4.69) is 15.6 Å². The second-order valence-corrected chi connectivity index (χ2v) is 5.63. The molecule has 0 aromatic heterocycles. The number of hydrogen-bond acceptors (Lipinski definition) is 2. The highest BCUT2D eigenvalue weighted by molar-refractivity contribution is 5.80. The van der Waals surface area contributed by atoms with Gasteiger partial charge in [-0.2, -0.15) is 0 Å². The number of aliphatic imine (C=N–C) groups is 1.